The molecule has 0 aromatic heterocycles. The van der Waals surface area contributed by atoms with Crippen LogP contribution in [0.25, 0.3) is 0 Å². The molecule has 0 fully saturated rings. The number of hydrogen-bond donors (Lipinski definition) is 1. The Morgan fingerprint density at radius 3 is 2.47 bits per heavy atom. The zero-order valence-electron chi connectivity index (χ0n) is 11.5. The highest BCUT2D eigenvalue weighted by molar-refractivity contribution is 5.34. The minimum atomic E-state index is 0.209. The summed E-state index contributed by atoms with van der Waals surface area (Å²) in [6.45, 7) is 10.9. The van der Waals surface area contributed by atoms with Gasteiger partial charge in [-0.05, 0) is 35.4 Å². The summed E-state index contributed by atoms with van der Waals surface area (Å²) in [5.41, 5.74) is 9.71. The van der Waals surface area contributed by atoms with Crippen molar-refractivity contribution in [3.63, 3.8) is 0 Å². The minimum Gasteiger partial charge on any atom is -0.380 e. The van der Waals surface area contributed by atoms with Crippen molar-refractivity contribution >= 4 is 0 Å². The van der Waals surface area contributed by atoms with E-state index in [9.17, 15) is 0 Å². The van der Waals surface area contributed by atoms with Crippen molar-refractivity contribution in [2.45, 2.75) is 39.5 Å². The lowest BCUT2D eigenvalue weighted by Crippen LogP contribution is -2.13. The van der Waals surface area contributed by atoms with Crippen molar-refractivity contribution in [1.82, 2.24) is 0 Å². The molecular formula is C15H25NO. The summed E-state index contributed by atoms with van der Waals surface area (Å²) < 4.78 is 5.44. The Kier molecular flexibility index (Phi) is 5.16. The van der Waals surface area contributed by atoms with Crippen LogP contribution in [0.4, 0.5) is 0 Å². The number of hydrogen-bond acceptors (Lipinski definition) is 2. The van der Waals surface area contributed by atoms with Gasteiger partial charge in [0.1, 0.15) is 0 Å². The molecule has 0 spiro atoms. The molecule has 0 saturated heterocycles. The van der Waals surface area contributed by atoms with E-state index in [-0.39, 0.29) is 5.41 Å². The summed E-state index contributed by atoms with van der Waals surface area (Å²) in [6, 6.07) is 6.74. The smallest absolute Gasteiger partial charge is 0.0588 e. The monoisotopic (exact) mass is 235 g/mol. The fourth-order valence-electron chi connectivity index (χ4n) is 1.77. The van der Waals surface area contributed by atoms with Gasteiger partial charge in [0.25, 0.3) is 0 Å². The molecule has 0 unspecified atom stereocenters. The second-order valence-electron chi connectivity index (χ2n) is 5.54. The molecule has 0 amide bonds. The molecule has 1 aromatic rings. The number of rotatable bonds is 5. The van der Waals surface area contributed by atoms with Gasteiger partial charge in [-0.15, -0.1) is 0 Å². The number of ether oxygens (including phenoxy) is 1. The molecule has 1 rings (SSSR count). The first-order valence-electron chi connectivity index (χ1n) is 6.33. The Hall–Kier alpha value is -0.860. The molecular weight excluding hydrogens is 210 g/mol. The van der Waals surface area contributed by atoms with Crippen molar-refractivity contribution in [1.29, 1.82) is 0 Å². The average Bonchev–Trinajstić information content (AvgIpc) is 2.25. The third-order valence-electron chi connectivity index (χ3n) is 2.99. The van der Waals surface area contributed by atoms with Gasteiger partial charge in [0, 0.05) is 6.54 Å². The summed E-state index contributed by atoms with van der Waals surface area (Å²) in [4.78, 5) is 0. The third kappa shape index (κ3) is 4.49. The van der Waals surface area contributed by atoms with E-state index in [1.165, 1.54) is 16.7 Å². The molecule has 17 heavy (non-hydrogen) atoms. The summed E-state index contributed by atoms with van der Waals surface area (Å²) in [5.74, 6) is 0. The molecule has 0 aliphatic carbocycles. The summed E-state index contributed by atoms with van der Waals surface area (Å²) in [5, 5.41) is 0. The summed E-state index contributed by atoms with van der Waals surface area (Å²) >= 11 is 0. The maximum Gasteiger partial charge on any atom is 0.0588 e. The minimum absolute atomic E-state index is 0.209. The van der Waals surface area contributed by atoms with E-state index in [1.54, 1.807) is 0 Å². The molecule has 2 heteroatoms. The van der Waals surface area contributed by atoms with Gasteiger partial charge in [-0.3, -0.25) is 0 Å². The first kappa shape index (κ1) is 14.2. The van der Waals surface area contributed by atoms with E-state index in [1.807, 2.05) is 0 Å². The quantitative estimate of drug-likeness (QED) is 0.797. The lowest BCUT2D eigenvalue weighted by atomic mass is 9.85. The van der Waals surface area contributed by atoms with Crippen LogP contribution in [0.15, 0.2) is 18.2 Å². The second kappa shape index (κ2) is 6.18. The Morgan fingerprint density at radius 1 is 1.18 bits per heavy atom. The Bertz CT molecular complexity index is 352. The molecule has 1 aromatic carbocycles. The lowest BCUT2D eigenvalue weighted by Gasteiger charge is -2.21. The molecule has 96 valence electrons. The highest BCUT2D eigenvalue weighted by atomic mass is 16.5. The summed E-state index contributed by atoms with van der Waals surface area (Å²) in [7, 11) is 0. The largest absolute Gasteiger partial charge is 0.380 e. The standard InChI is InChI=1S/C15H25NO/c1-12-5-6-14(15(2,3)4)11-13(12)7-9-17-10-8-16/h5-6,11H,7-10,16H2,1-4H3. The topological polar surface area (TPSA) is 35.2 Å². The van der Waals surface area contributed by atoms with E-state index in [4.69, 9.17) is 10.5 Å². The first-order valence-corrected chi connectivity index (χ1v) is 6.33. The van der Waals surface area contributed by atoms with E-state index in [0.717, 1.165) is 13.0 Å². The second-order valence-corrected chi connectivity index (χ2v) is 5.54. The molecule has 0 heterocycles. The van der Waals surface area contributed by atoms with Crippen LogP contribution < -0.4 is 5.73 Å². The van der Waals surface area contributed by atoms with Gasteiger partial charge in [-0.1, -0.05) is 39.0 Å². The van der Waals surface area contributed by atoms with E-state index in [0.29, 0.717) is 13.2 Å². The van der Waals surface area contributed by atoms with Crippen LogP contribution in [0.5, 0.6) is 0 Å². The van der Waals surface area contributed by atoms with E-state index >= 15 is 0 Å². The number of nitrogens with two attached hydrogens (primary N) is 1. The van der Waals surface area contributed by atoms with Crippen molar-refractivity contribution < 1.29 is 4.74 Å². The Balaban J connectivity index is 2.70. The number of benzene rings is 1. The van der Waals surface area contributed by atoms with Gasteiger partial charge in [0.05, 0.1) is 13.2 Å². The van der Waals surface area contributed by atoms with E-state index in [2.05, 4.69) is 45.9 Å². The van der Waals surface area contributed by atoms with Gasteiger partial charge in [-0.2, -0.15) is 0 Å². The lowest BCUT2D eigenvalue weighted by molar-refractivity contribution is 0.144. The third-order valence-corrected chi connectivity index (χ3v) is 2.99. The molecule has 0 aliphatic rings. The SMILES string of the molecule is Cc1ccc(C(C)(C)C)cc1CCOCCN. The first-order chi connectivity index (χ1) is 7.95. The van der Waals surface area contributed by atoms with Gasteiger partial charge < -0.3 is 10.5 Å². The molecule has 0 aliphatic heterocycles. The van der Waals surface area contributed by atoms with Crippen LogP contribution in [0, 0.1) is 6.92 Å². The molecule has 0 saturated carbocycles. The van der Waals surface area contributed by atoms with Crippen molar-refractivity contribution in [3.8, 4) is 0 Å². The molecule has 2 N–H and O–H groups in total. The Labute approximate surface area is 105 Å². The zero-order chi connectivity index (χ0) is 12.9. The maximum absolute atomic E-state index is 5.44. The normalized spacial score (nSPS) is 11.8. The van der Waals surface area contributed by atoms with Gasteiger partial charge in [0.15, 0.2) is 0 Å². The van der Waals surface area contributed by atoms with Crippen LogP contribution in [-0.4, -0.2) is 19.8 Å². The van der Waals surface area contributed by atoms with Crippen LogP contribution in [0.2, 0.25) is 0 Å². The van der Waals surface area contributed by atoms with Crippen LogP contribution in [0.1, 0.15) is 37.5 Å². The number of aryl methyl sites for hydroxylation is 1. The van der Waals surface area contributed by atoms with Gasteiger partial charge in [0.2, 0.25) is 0 Å². The van der Waals surface area contributed by atoms with Crippen molar-refractivity contribution in [2.24, 2.45) is 5.73 Å². The fourth-order valence-corrected chi connectivity index (χ4v) is 1.77. The van der Waals surface area contributed by atoms with Crippen LogP contribution in [0.3, 0.4) is 0 Å². The zero-order valence-corrected chi connectivity index (χ0v) is 11.5. The average molecular weight is 235 g/mol. The molecule has 0 radical (unpaired) electrons. The van der Waals surface area contributed by atoms with Crippen molar-refractivity contribution in [2.75, 3.05) is 19.8 Å². The predicted octanol–water partition coefficient (Wildman–Crippen LogP) is 2.81. The molecule has 0 bridgehead atoms. The van der Waals surface area contributed by atoms with Gasteiger partial charge in [-0.25, -0.2) is 0 Å². The predicted molar refractivity (Wildman–Crippen MR) is 73.5 cm³/mol. The van der Waals surface area contributed by atoms with E-state index < -0.39 is 0 Å². The Morgan fingerprint density at radius 2 is 1.88 bits per heavy atom. The highest BCUT2D eigenvalue weighted by Crippen LogP contribution is 2.24. The van der Waals surface area contributed by atoms with Gasteiger partial charge >= 0.3 is 0 Å². The highest BCUT2D eigenvalue weighted by Gasteiger charge is 2.14. The summed E-state index contributed by atoms with van der Waals surface area (Å²) in [6.07, 6.45) is 0.968. The fraction of sp³-hybridized carbons (Fsp3) is 0.600. The van der Waals surface area contributed by atoms with Crippen LogP contribution >= 0.6 is 0 Å². The molecule has 2 nitrogen and oxygen atoms in total. The maximum atomic E-state index is 5.44. The molecule has 0 atom stereocenters. The van der Waals surface area contributed by atoms with Crippen LogP contribution in [-0.2, 0) is 16.6 Å². The van der Waals surface area contributed by atoms with Crippen molar-refractivity contribution in [3.05, 3.63) is 34.9 Å².